The Balaban J connectivity index is 1.61. The number of thioether (sulfide) groups is 1. The molecule has 0 saturated carbocycles. The van der Waals surface area contributed by atoms with Crippen molar-refractivity contribution in [3.63, 3.8) is 0 Å². The van der Waals surface area contributed by atoms with Gasteiger partial charge >= 0.3 is 0 Å². The molecule has 8 nitrogen and oxygen atoms in total. The van der Waals surface area contributed by atoms with E-state index in [-0.39, 0.29) is 23.2 Å². The number of amides is 1. The molecule has 1 atom stereocenters. The Morgan fingerprint density at radius 2 is 2.12 bits per heavy atom. The molecule has 10 heteroatoms. The van der Waals surface area contributed by atoms with E-state index in [1.54, 1.807) is 11.6 Å². The summed E-state index contributed by atoms with van der Waals surface area (Å²) in [6, 6.07) is 9.37. The molecule has 0 spiro atoms. The minimum absolute atomic E-state index is 0.0157. The second-order valence-electron chi connectivity index (χ2n) is 5.95. The smallest absolute Gasteiger partial charge is 0.230 e. The maximum Gasteiger partial charge on any atom is 0.230 e. The van der Waals surface area contributed by atoms with Gasteiger partial charge in [-0.2, -0.15) is 4.68 Å². The molecule has 0 unspecified atom stereocenters. The summed E-state index contributed by atoms with van der Waals surface area (Å²) in [5, 5.41) is 14.8. The Morgan fingerprint density at radius 1 is 1.38 bits per heavy atom. The van der Waals surface area contributed by atoms with Crippen LogP contribution in [-0.2, 0) is 14.6 Å². The first-order valence-electron chi connectivity index (χ1n) is 7.35. The summed E-state index contributed by atoms with van der Waals surface area (Å²) in [5.74, 6) is -0.0216. The van der Waals surface area contributed by atoms with Crippen LogP contribution in [0.3, 0.4) is 0 Å². The van der Waals surface area contributed by atoms with Crippen LogP contribution < -0.4 is 5.32 Å². The highest BCUT2D eigenvalue weighted by Gasteiger charge is 2.39. The van der Waals surface area contributed by atoms with Gasteiger partial charge in [-0.3, -0.25) is 4.79 Å². The van der Waals surface area contributed by atoms with Gasteiger partial charge in [0.2, 0.25) is 11.1 Å². The van der Waals surface area contributed by atoms with Crippen LogP contribution in [-0.4, -0.2) is 57.3 Å². The molecule has 3 rings (SSSR count). The van der Waals surface area contributed by atoms with Gasteiger partial charge in [-0.15, -0.1) is 5.10 Å². The van der Waals surface area contributed by atoms with Crippen molar-refractivity contribution in [3.8, 4) is 5.69 Å². The van der Waals surface area contributed by atoms with Crippen molar-refractivity contribution in [1.29, 1.82) is 0 Å². The van der Waals surface area contributed by atoms with Gasteiger partial charge in [0.15, 0.2) is 9.84 Å². The van der Waals surface area contributed by atoms with Crippen molar-refractivity contribution in [2.24, 2.45) is 0 Å². The summed E-state index contributed by atoms with van der Waals surface area (Å²) in [4.78, 5) is 12.2. The first kappa shape index (κ1) is 16.9. The van der Waals surface area contributed by atoms with E-state index in [1.165, 1.54) is 11.8 Å². The van der Waals surface area contributed by atoms with Crippen molar-refractivity contribution < 1.29 is 13.2 Å². The van der Waals surface area contributed by atoms with Gasteiger partial charge in [0.1, 0.15) is 0 Å². The Labute approximate surface area is 143 Å². The lowest BCUT2D eigenvalue weighted by atomic mass is 10.0. The molecule has 0 radical (unpaired) electrons. The third kappa shape index (κ3) is 3.93. The van der Waals surface area contributed by atoms with E-state index in [1.807, 2.05) is 30.3 Å². The maximum absolute atomic E-state index is 12.2. The second-order valence-corrected chi connectivity index (χ2v) is 9.07. The lowest BCUT2D eigenvalue weighted by molar-refractivity contribution is -0.120. The van der Waals surface area contributed by atoms with Crippen LogP contribution in [0.15, 0.2) is 35.5 Å². The SMILES string of the molecule is C[C@]1(NC(=O)CSc2nnnn2-c2ccccc2)CCS(=O)(=O)C1. The Hall–Kier alpha value is -1.94. The van der Waals surface area contributed by atoms with E-state index in [0.717, 1.165) is 5.69 Å². The quantitative estimate of drug-likeness (QED) is 0.765. The monoisotopic (exact) mass is 367 g/mol. The number of rotatable bonds is 5. The van der Waals surface area contributed by atoms with Gasteiger partial charge in [-0.1, -0.05) is 30.0 Å². The average Bonchev–Trinajstić information content (AvgIpc) is 3.10. The van der Waals surface area contributed by atoms with E-state index in [9.17, 15) is 13.2 Å². The number of nitrogens with one attached hydrogen (secondary N) is 1. The summed E-state index contributed by atoms with van der Waals surface area (Å²) in [6.45, 7) is 1.76. The highest BCUT2D eigenvalue weighted by Crippen LogP contribution is 2.23. The summed E-state index contributed by atoms with van der Waals surface area (Å²) in [5.41, 5.74) is 0.112. The molecule has 2 aromatic rings. The number of sulfone groups is 1. The zero-order valence-corrected chi connectivity index (χ0v) is 14.7. The highest BCUT2D eigenvalue weighted by molar-refractivity contribution is 7.99. The first-order valence-corrected chi connectivity index (χ1v) is 10.2. The van der Waals surface area contributed by atoms with Crippen LogP contribution >= 0.6 is 11.8 Å². The van der Waals surface area contributed by atoms with E-state index in [2.05, 4.69) is 20.8 Å². The van der Waals surface area contributed by atoms with Crippen molar-refractivity contribution >= 4 is 27.5 Å². The lowest BCUT2D eigenvalue weighted by Gasteiger charge is -2.23. The van der Waals surface area contributed by atoms with Gasteiger partial charge < -0.3 is 5.32 Å². The van der Waals surface area contributed by atoms with Crippen LogP contribution in [0, 0.1) is 0 Å². The van der Waals surface area contributed by atoms with Crippen LogP contribution in [0.5, 0.6) is 0 Å². The van der Waals surface area contributed by atoms with E-state index < -0.39 is 15.4 Å². The summed E-state index contributed by atoms with van der Waals surface area (Å²) in [6.07, 6.45) is 0.438. The second kappa shape index (κ2) is 6.52. The van der Waals surface area contributed by atoms with E-state index in [4.69, 9.17) is 0 Å². The predicted molar refractivity (Wildman–Crippen MR) is 89.7 cm³/mol. The zero-order chi connectivity index (χ0) is 17.2. The fraction of sp³-hybridized carbons (Fsp3) is 0.429. The van der Waals surface area contributed by atoms with Gasteiger partial charge in [0.25, 0.3) is 0 Å². The van der Waals surface area contributed by atoms with Crippen molar-refractivity contribution in [2.75, 3.05) is 17.3 Å². The predicted octanol–water partition coefficient (Wildman–Crippen LogP) is 0.448. The van der Waals surface area contributed by atoms with Crippen molar-refractivity contribution in [2.45, 2.75) is 24.0 Å². The number of benzene rings is 1. The number of nitrogens with zero attached hydrogens (tertiary/aromatic N) is 4. The molecule has 1 N–H and O–H groups in total. The third-order valence-electron chi connectivity index (χ3n) is 3.72. The molecule has 0 aliphatic carbocycles. The van der Waals surface area contributed by atoms with Crippen LogP contribution in [0.1, 0.15) is 13.3 Å². The minimum atomic E-state index is -3.06. The minimum Gasteiger partial charge on any atom is -0.349 e. The Morgan fingerprint density at radius 3 is 2.79 bits per heavy atom. The van der Waals surface area contributed by atoms with Gasteiger partial charge in [0.05, 0.1) is 28.5 Å². The maximum atomic E-state index is 12.2. The number of hydrogen-bond acceptors (Lipinski definition) is 7. The lowest BCUT2D eigenvalue weighted by Crippen LogP contribution is -2.47. The van der Waals surface area contributed by atoms with Crippen LogP contribution in [0.4, 0.5) is 0 Å². The molecule has 1 aliphatic rings. The fourth-order valence-electron chi connectivity index (χ4n) is 2.61. The van der Waals surface area contributed by atoms with Gasteiger partial charge in [0, 0.05) is 0 Å². The Kier molecular flexibility index (Phi) is 4.59. The third-order valence-corrected chi connectivity index (χ3v) is 6.54. The number of hydrogen-bond donors (Lipinski definition) is 1. The molecule has 1 saturated heterocycles. The van der Waals surface area contributed by atoms with Crippen molar-refractivity contribution in [1.82, 2.24) is 25.5 Å². The molecule has 2 heterocycles. The van der Waals surface area contributed by atoms with Crippen LogP contribution in [0.25, 0.3) is 5.69 Å². The Bertz CT molecular complexity index is 837. The molecule has 1 fully saturated rings. The fourth-order valence-corrected chi connectivity index (χ4v) is 5.40. The molecule has 1 aliphatic heterocycles. The topological polar surface area (TPSA) is 107 Å². The van der Waals surface area contributed by atoms with E-state index >= 15 is 0 Å². The molecular weight excluding hydrogens is 350 g/mol. The first-order chi connectivity index (χ1) is 11.4. The summed E-state index contributed by atoms with van der Waals surface area (Å²) >= 11 is 1.20. The molecule has 1 aromatic heterocycles. The molecular formula is C14H17N5O3S2. The van der Waals surface area contributed by atoms with Gasteiger partial charge in [-0.25, -0.2) is 8.42 Å². The van der Waals surface area contributed by atoms with Crippen molar-refractivity contribution in [3.05, 3.63) is 30.3 Å². The highest BCUT2D eigenvalue weighted by atomic mass is 32.2. The van der Waals surface area contributed by atoms with Crippen LogP contribution in [0.2, 0.25) is 0 Å². The standard InChI is InChI=1S/C14H17N5O3S2/c1-14(7-8-24(21,22)10-14)15-12(20)9-23-13-16-17-18-19(13)11-5-3-2-4-6-11/h2-6H,7-10H2,1H3,(H,15,20)/t14-/m0/s1. The summed E-state index contributed by atoms with van der Waals surface area (Å²) in [7, 11) is -3.06. The molecule has 0 bridgehead atoms. The van der Waals surface area contributed by atoms with E-state index in [0.29, 0.717) is 11.6 Å². The molecule has 1 amide bonds. The number of carbonyl (C=O) groups excluding carboxylic acids is 1. The number of tetrazole rings is 1. The number of para-hydroxylation sites is 1. The summed E-state index contributed by atoms with van der Waals surface area (Å²) < 4.78 is 24.7. The molecule has 128 valence electrons. The average molecular weight is 367 g/mol. The number of aromatic nitrogens is 4. The zero-order valence-electron chi connectivity index (χ0n) is 13.0. The molecule has 24 heavy (non-hydrogen) atoms. The van der Waals surface area contributed by atoms with Gasteiger partial charge in [-0.05, 0) is 35.9 Å². The largest absolute Gasteiger partial charge is 0.349 e. The normalized spacial score (nSPS) is 22.4. The molecule has 1 aromatic carbocycles. The number of carbonyl (C=O) groups is 1.